The summed E-state index contributed by atoms with van der Waals surface area (Å²) in [7, 11) is 0. The van der Waals surface area contributed by atoms with Crippen molar-refractivity contribution < 1.29 is 19.1 Å². The first-order valence-electron chi connectivity index (χ1n) is 9.28. The maximum atomic E-state index is 12.7. The highest BCUT2D eigenvalue weighted by Gasteiger charge is 2.38. The normalized spacial score (nSPS) is 15.5. The third kappa shape index (κ3) is 5.09. The Hall–Kier alpha value is -2.90. The van der Waals surface area contributed by atoms with Crippen molar-refractivity contribution in [1.29, 1.82) is 0 Å². The van der Waals surface area contributed by atoms with E-state index < -0.39 is 5.41 Å². The van der Waals surface area contributed by atoms with Crippen LogP contribution >= 0.6 is 0 Å². The third-order valence-corrected chi connectivity index (χ3v) is 4.84. The third-order valence-electron chi connectivity index (χ3n) is 4.84. The molecule has 3 rings (SSSR count). The van der Waals surface area contributed by atoms with Crippen LogP contribution in [0.3, 0.4) is 0 Å². The van der Waals surface area contributed by atoms with Gasteiger partial charge < -0.3 is 25.8 Å². The van der Waals surface area contributed by atoms with Gasteiger partial charge in [-0.15, -0.1) is 0 Å². The zero-order valence-corrected chi connectivity index (χ0v) is 15.6. The molecule has 0 unspecified atom stereocenters. The van der Waals surface area contributed by atoms with E-state index in [2.05, 4.69) is 10.6 Å². The SMILES string of the molecule is NCC1(C(=O)Nc2cccc(OCC(=O)Nc3ccccc3)c2)CCOCC1. The Bertz CT molecular complexity index is 804. The monoisotopic (exact) mass is 383 g/mol. The number of carbonyl (C=O) groups excluding carboxylic acids is 2. The van der Waals surface area contributed by atoms with Gasteiger partial charge in [0.05, 0.1) is 5.41 Å². The molecule has 1 saturated heterocycles. The number of hydrogen-bond acceptors (Lipinski definition) is 5. The van der Waals surface area contributed by atoms with Gasteiger partial charge in [-0.1, -0.05) is 24.3 Å². The van der Waals surface area contributed by atoms with Crippen LogP contribution in [0.15, 0.2) is 54.6 Å². The number of ether oxygens (including phenoxy) is 2. The van der Waals surface area contributed by atoms with Gasteiger partial charge in [0.1, 0.15) is 5.75 Å². The van der Waals surface area contributed by atoms with E-state index in [-0.39, 0.29) is 25.0 Å². The van der Waals surface area contributed by atoms with Crippen molar-refractivity contribution in [3.8, 4) is 5.75 Å². The average molecular weight is 383 g/mol. The van der Waals surface area contributed by atoms with E-state index in [4.69, 9.17) is 15.2 Å². The molecule has 0 bridgehead atoms. The minimum absolute atomic E-state index is 0.114. The molecule has 1 aliphatic rings. The van der Waals surface area contributed by atoms with Crippen molar-refractivity contribution in [3.05, 3.63) is 54.6 Å². The summed E-state index contributed by atoms with van der Waals surface area (Å²) in [6, 6.07) is 16.1. The van der Waals surface area contributed by atoms with Crippen molar-refractivity contribution in [2.45, 2.75) is 12.8 Å². The molecule has 1 aliphatic heterocycles. The summed E-state index contributed by atoms with van der Waals surface area (Å²) in [6.07, 6.45) is 1.20. The lowest BCUT2D eigenvalue weighted by Crippen LogP contribution is -2.46. The fourth-order valence-electron chi connectivity index (χ4n) is 3.08. The second kappa shape index (κ2) is 9.34. The van der Waals surface area contributed by atoms with Gasteiger partial charge in [0, 0.05) is 37.2 Å². The van der Waals surface area contributed by atoms with Crippen LogP contribution in [0.1, 0.15) is 12.8 Å². The highest BCUT2D eigenvalue weighted by atomic mass is 16.5. The molecule has 2 aromatic carbocycles. The number of carbonyl (C=O) groups is 2. The van der Waals surface area contributed by atoms with Crippen molar-refractivity contribution in [3.63, 3.8) is 0 Å². The molecule has 2 aromatic rings. The summed E-state index contributed by atoms with van der Waals surface area (Å²) in [5, 5.41) is 5.67. The Morgan fingerprint density at radius 2 is 1.71 bits per heavy atom. The van der Waals surface area contributed by atoms with Crippen molar-refractivity contribution in [1.82, 2.24) is 0 Å². The zero-order chi connectivity index (χ0) is 19.8. The van der Waals surface area contributed by atoms with Crippen LogP contribution in [0.5, 0.6) is 5.75 Å². The molecule has 1 fully saturated rings. The summed E-state index contributed by atoms with van der Waals surface area (Å²) in [4.78, 5) is 24.8. The maximum absolute atomic E-state index is 12.7. The lowest BCUT2D eigenvalue weighted by molar-refractivity contribution is -0.130. The number of nitrogens with one attached hydrogen (secondary N) is 2. The van der Waals surface area contributed by atoms with E-state index in [0.29, 0.717) is 43.2 Å². The summed E-state index contributed by atoms with van der Waals surface area (Å²) in [6.45, 7) is 1.21. The number of hydrogen-bond donors (Lipinski definition) is 3. The van der Waals surface area contributed by atoms with Gasteiger partial charge in [-0.05, 0) is 37.1 Å². The van der Waals surface area contributed by atoms with Crippen LogP contribution in [0.2, 0.25) is 0 Å². The molecular formula is C21H25N3O4. The number of anilines is 2. The number of para-hydroxylation sites is 1. The zero-order valence-electron chi connectivity index (χ0n) is 15.6. The maximum Gasteiger partial charge on any atom is 0.262 e. The molecular weight excluding hydrogens is 358 g/mol. The topological polar surface area (TPSA) is 103 Å². The molecule has 7 nitrogen and oxygen atoms in total. The molecule has 1 heterocycles. The van der Waals surface area contributed by atoms with Crippen LogP contribution in [0, 0.1) is 5.41 Å². The summed E-state index contributed by atoms with van der Waals surface area (Å²) < 4.78 is 10.9. The van der Waals surface area contributed by atoms with Gasteiger partial charge >= 0.3 is 0 Å². The molecule has 0 spiro atoms. The molecule has 0 aromatic heterocycles. The number of nitrogens with two attached hydrogens (primary N) is 1. The molecule has 2 amide bonds. The summed E-state index contributed by atoms with van der Waals surface area (Å²) in [5.41, 5.74) is 6.59. The van der Waals surface area contributed by atoms with E-state index >= 15 is 0 Å². The second-order valence-electron chi connectivity index (χ2n) is 6.78. The van der Waals surface area contributed by atoms with Crippen LogP contribution in [-0.2, 0) is 14.3 Å². The predicted molar refractivity (Wildman–Crippen MR) is 107 cm³/mol. The predicted octanol–water partition coefficient (Wildman–Crippen LogP) is 2.40. The fraction of sp³-hybridized carbons (Fsp3) is 0.333. The van der Waals surface area contributed by atoms with E-state index in [1.807, 2.05) is 18.2 Å². The highest BCUT2D eigenvalue weighted by Crippen LogP contribution is 2.31. The largest absolute Gasteiger partial charge is 0.484 e. The van der Waals surface area contributed by atoms with E-state index in [1.165, 1.54) is 0 Å². The number of benzene rings is 2. The highest BCUT2D eigenvalue weighted by molar-refractivity contribution is 5.96. The van der Waals surface area contributed by atoms with Crippen LogP contribution in [0.4, 0.5) is 11.4 Å². The lowest BCUT2D eigenvalue weighted by Gasteiger charge is -2.34. The van der Waals surface area contributed by atoms with Gasteiger partial charge in [-0.25, -0.2) is 0 Å². The van der Waals surface area contributed by atoms with E-state index in [1.54, 1.807) is 36.4 Å². The van der Waals surface area contributed by atoms with Crippen molar-refractivity contribution in [2.75, 3.05) is 37.0 Å². The number of rotatable bonds is 7. The average Bonchev–Trinajstić information content (AvgIpc) is 2.74. The molecule has 28 heavy (non-hydrogen) atoms. The Balaban J connectivity index is 1.56. The van der Waals surface area contributed by atoms with E-state index in [0.717, 1.165) is 0 Å². The molecule has 148 valence electrons. The Kier molecular flexibility index (Phi) is 6.62. The molecule has 4 N–H and O–H groups in total. The van der Waals surface area contributed by atoms with Gasteiger partial charge in [0.2, 0.25) is 5.91 Å². The Morgan fingerprint density at radius 1 is 1.00 bits per heavy atom. The minimum Gasteiger partial charge on any atom is -0.484 e. The molecule has 0 radical (unpaired) electrons. The Labute approximate surface area is 164 Å². The molecule has 7 heteroatoms. The molecule has 0 aliphatic carbocycles. The van der Waals surface area contributed by atoms with Gasteiger partial charge in [-0.3, -0.25) is 9.59 Å². The smallest absolute Gasteiger partial charge is 0.262 e. The number of amides is 2. The van der Waals surface area contributed by atoms with E-state index in [9.17, 15) is 9.59 Å². The van der Waals surface area contributed by atoms with Gasteiger partial charge in [0.15, 0.2) is 6.61 Å². The standard InChI is InChI=1S/C21H25N3O4/c22-15-21(9-11-27-12-10-21)20(26)24-17-7-4-8-18(13-17)28-14-19(25)23-16-5-2-1-3-6-16/h1-8,13H,9-12,14-15,22H2,(H,23,25)(H,24,26). The van der Waals surface area contributed by atoms with Crippen molar-refractivity contribution >= 4 is 23.2 Å². The fourth-order valence-corrected chi connectivity index (χ4v) is 3.08. The lowest BCUT2D eigenvalue weighted by atomic mass is 9.79. The van der Waals surface area contributed by atoms with Gasteiger partial charge in [0.25, 0.3) is 5.91 Å². The molecule has 0 saturated carbocycles. The quantitative estimate of drug-likeness (QED) is 0.681. The Morgan fingerprint density at radius 3 is 2.43 bits per heavy atom. The first-order valence-corrected chi connectivity index (χ1v) is 9.28. The van der Waals surface area contributed by atoms with Crippen LogP contribution in [-0.4, -0.2) is 38.2 Å². The second-order valence-corrected chi connectivity index (χ2v) is 6.78. The summed E-state index contributed by atoms with van der Waals surface area (Å²) >= 11 is 0. The first-order chi connectivity index (χ1) is 13.6. The summed E-state index contributed by atoms with van der Waals surface area (Å²) in [5.74, 6) is 0.122. The van der Waals surface area contributed by atoms with Gasteiger partial charge in [-0.2, -0.15) is 0 Å². The van der Waals surface area contributed by atoms with Crippen LogP contribution < -0.4 is 21.1 Å². The minimum atomic E-state index is -0.606. The first kappa shape index (κ1) is 19.9. The van der Waals surface area contributed by atoms with Crippen molar-refractivity contribution in [2.24, 2.45) is 11.1 Å². The van der Waals surface area contributed by atoms with Crippen LogP contribution in [0.25, 0.3) is 0 Å². The molecule has 0 atom stereocenters.